The van der Waals surface area contributed by atoms with Crippen molar-refractivity contribution in [3.8, 4) is 11.1 Å². The minimum Gasteiger partial charge on any atom is -0.453 e. The van der Waals surface area contributed by atoms with Crippen LogP contribution < -0.4 is 0 Å². The van der Waals surface area contributed by atoms with Gasteiger partial charge in [0.25, 0.3) is 0 Å². The Morgan fingerprint density at radius 2 is 1.80 bits per heavy atom. The van der Waals surface area contributed by atoms with Crippen molar-refractivity contribution in [2.75, 3.05) is 40.5 Å². The van der Waals surface area contributed by atoms with E-state index in [1.807, 2.05) is 4.90 Å². The Bertz CT molecular complexity index is 867. The molecule has 2 aromatic carbocycles. The topological polar surface area (TPSA) is 42.0 Å². The quantitative estimate of drug-likeness (QED) is 0.756. The lowest BCUT2D eigenvalue weighted by atomic mass is 9.74. The molecule has 160 valence electrons. The van der Waals surface area contributed by atoms with Crippen LogP contribution in [0.2, 0.25) is 0 Å². The molecule has 5 heteroatoms. The molecule has 2 aromatic rings. The summed E-state index contributed by atoms with van der Waals surface area (Å²) in [5.74, 6) is 0.349. The third kappa shape index (κ3) is 4.09. The number of rotatable bonds is 4. The number of nitrogens with zero attached hydrogens (tertiary/aromatic N) is 2. The predicted molar refractivity (Wildman–Crippen MR) is 119 cm³/mol. The third-order valence-corrected chi connectivity index (χ3v) is 6.60. The van der Waals surface area contributed by atoms with E-state index in [1.54, 1.807) is 7.11 Å². The van der Waals surface area contributed by atoms with Crippen LogP contribution in [0, 0.1) is 6.92 Å². The van der Waals surface area contributed by atoms with Crippen LogP contribution in [0.3, 0.4) is 0 Å². The molecule has 1 amide bonds. The van der Waals surface area contributed by atoms with Crippen molar-refractivity contribution in [3.05, 3.63) is 59.7 Å². The van der Waals surface area contributed by atoms with E-state index in [0.29, 0.717) is 31.2 Å². The molecule has 0 saturated carbocycles. The van der Waals surface area contributed by atoms with Crippen molar-refractivity contribution in [1.82, 2.24) is 9.80 Å². The molecule has 0 bridgehead atoms. The van der Waals surface area contributed by atoms with Crippen LogP contribution in [-0.4, -0.2) is 68.4 Å². The Balaban J connectivity index is 1.59. The van der Waals surface area contributed by atoms with Gasteiger partial charge in [-0.15, -0.1) is 0 Å². The standard InChI is InChI=1S/C25H32N2O3/c1-18-7-6-8-21(15-18)19-9-11-20(12-10-19)24-22-16-26(25(28)30-3)13-4-5-14-27(22)23(24)17-29-2/h6-12,15,22-24H,4-5,13-14,16-17H2,1-3H3/t22-,23+,24?/m0/s1. The summed E-state index contributed by atoms with van der Waals surface area (Å²) in [6, 6.07) is 18.2. The lowest BCUT2D eigenvalue weighted by Gasteiger charge is -2.57. The maximum atomic E-state index is 12.2. The van der Waals surface area contributed by atoms with Crippen LogP contribution in [0.25, 0.3) is 11.1 Å². The van der Waals surface area contributed by atoms with E-state index in [4.69, 9.17) is 9.47 Å². The SMILES string of the molecule is COC[C@@H]1C(c2ccc(-c3cccc(C)c3)cc2)[C@@H]2CN(C(=O)OC)CCCCN12. The Hall–Kier alpha value is -2.37. The molecule has 2 aliphatic heterocycles. The summed E-state index contributed by atoms with van der Waals surface area (Å²) in [7, 11) is 3.24. The summed E-state index contributed by atoms with van der Waals surface area (Å²) in [5, 5.41) is 0. The molecule has 0 aromatic heterocycles. The summed E-state index contributed by atoms with van der Waals surface area (Å²) >= 11 is 0. The highest BCUT2D eigenvalue weighted by atomic mass is 16.5. The van der Waals surface area contributed by atoms with Gasteiger partial charge in [-0.1, -0.05) is 54.1 Å². The maximum Gasteiger partial charge on any atom is 0.409 e. The Morgan fingerprint density at radius 3 is 2.50 bits per heavy atom. The fourth-order valence-corrected chi connectivity index (χ4v) is 5.11. The van der Waals surface area contributed by atoms with Gasteiger partial charge < -0.3 is 14.4 Å². The second-order valence-corrected chi connectivity index (χ2v) is 8.47. The Morgan fingerprint density at radius 1 is 1.03 bits per heavy atom. The lowest BCUT2D eigenvalue weighted by Crippen LogP contribution is -2.68. The molecule has 1 unspecified atom stereocenters. The second-order valence-electron chi connectivity index (χ2n) is 8.47. The van der Waals surface area contributed by atoms with Crippen LogP contribution in [0.5, 0.6) is 0 Å². The number of amides is 1. The first-order chi connectivity index (χ1) is 14.6. The minimum absolute atomic E-state index is 0.222. The zero-order valence-corrected chi connectivity index (χ0v) is 18.2. The number of hydrogen-bond acceptors (Lipinski definition) is 4. The van der Waals surface area contributed by atoms with E-state index in [0.717, 1.165) is 25.9 Å². The number of fused-ring (bicyclic) bond motifs is 1. The molecule has 4 rings (SSSR count). The number of ether oxygens (including phenoxy) is 2. The van der Waals surface area contributed by atoms with E-state index in [-0.39, 0.29) is 6.09 Å². The van der Waals surface area contributed by atoms with Gasteiger partial charge in [0, 0.05) is 38.2 Å². The van der Waals surface area contributed by atoms with Gasteiger partial charge in [0.05, 0.1) is 13.7 Å². The smallest absolute Gasteiger partial charge is 0.409 e. The van der Waals surface area contributed by atoms with E-state index in [1.165, 1.54) is 29.4 Å². The summed E-state index contributed by atoms with van der Waals surface area (Å²) in [6.07, 6.45) is 1.87. The minimum atomic E-state index is -0.222. The van der Waals surface area contributed by atoms with E-state index in [2.05, 4.69) is 60.4 Å². The summed E-state index contributed by atoms with van der Waals surface area (Å²) in [6.45, 7) is 5.37. The Kier molecular flexibility index (Phi) is 6.40. The van der Waals surface area contributed by atoms with Crippen LogP contribution in [0.4, 0.5) is 4.79 Å². The summed E-state index contributed by atoms with van der Waals surface area (Å²) < 4.78 is 10.6. The molecular formula is C25H32N2O3. The first-order valence-corrected chi connectivity index (χ1v) is 10.9. The van der Waals surface area contributed by atoms with Crippen LogP contribution in [-0.2, 0) is 9.47 Å². The summed E-state index contributed by atoms with van der Waals surface area (Å²) in [5.41, 5.74) is 5.06. The van der Waals surface area contributed by atoms with Crippen LogP contribution >= 0.6 is 0 Å². The molecule has 2 heterocycles. The highest BCUT2D eigenvalue weighted by Gasteiger charge is 2.49. The van der Waals surface area contributed by atoms with Crippen molar-refractivity contribution in [2.24, 2.45) is 0 Å². The molecular weight excluding hydrogens is 376 g/mol. The maximum absolute atomic E-state index is 12.2. The number of aryl methyl sites for hydroxylation is 1. The lowest BCUT2D eigenvalue weighted by molar-refractivity contribution is -0.0693. The van der Waals surface area contributed by atoms with Crippen molar-refractivity contribution in [1.29, 1.82) is 0 Å². The highest BCUT2D eigenvalue weighted by molar-refractivity contribution is 5.67. The molecule has 2 aliphatic rings. The second kappa shape index (κ2) is 9.19. The normalized spacial score (nSPS) is 24.4. The average Bonchev–Trinajstić information content (AvgIpc) is 2.75. The number of carbonyl (C=O) groups excluding carboxylic acids is 1. The largest absolute Gasteiger partial charge is 0.453 e. The van der Waals surface area contributed by atoms with Crippen molar-refractivity contribution in [3.63, 3.8) is 0 Å². The fraction of sp³-hybridized carbons (Fsp3) is 0.480. The number of methoxy groups -OCH3 is 2. The molecule has 30 heavy (non-hydrogen) atoms. The molecule has 0 N–H and O–H groups in total. The molecule has 2 fully saturated rings. The van der Waals surface area contributed by atoms with Gasteiger partial charge in [0.15, 0.2) is 0 Å². The van der Waals surface area contributed by atoms with Gasteiger partial charge in [0.1, 0.15) is 0 Å². The number of hydrogen-bond donors (Lipinski definition) is 0. The molecule has 0 radical (unpaired) electrons. The van der Waals surface area contributed by atoms with Gasteiger partial charge in [-0.25, -0.2) is 4.79 Å². The van der Waals surface area contributed by atoms with Crippen molar-refractivity contribution < 1.29 is 14.3 Å². The van der Waals surface area contributed by atoms with Gasteiger partial charge in [-0.2, -0.15) is 0 Å². The van der Waals surface area contributed by atoms with E-state index in [9.17, 15) is 4.79 Å². The number of benzene rings is 2. The van der Waals surface area contributed by atoms with E-state index < -0.39 is 0 Å². The van der Waals surface area contributed by atoms with Crippen molar-refractivity contribution >= 4 is 6.09 Å². The van der Waals surface area contributed by atoms with Gasteiger partial charge >= 0.3 is 6.09 Å². The fourth-order valence-electron chi connectivity index (χ4n) is 5.11. The van der Waals surface area contributed by atoms with Gasteiger partial charge in [0.2, 0.25) is 0 Å². The van der Waals surface area contributed by atoms with Crippen molar-refractivity contribution in [2.45, 2.75) is 37.8 Å². The average molecular weight is 409 g/mol. The van der Waals surface area contributed by atoms with Crippen LogP contribution in [0.15, 0.2) is 48.5 Å². The van der Waals surface area contributed by atoms with E-state index >= 15 is 0 Å². The Labute approximate surface area is 179 Å². The highest BCUT2D eigenvalue weighted by Crippen LogP contribution is 2.42. The molecule has 5 nitrogen and oxygen atoms in total. The zero-order chi connectivity index (χ0) is 21.1. The zero-order valence-electron chi connectivity index (χ0n) is 18.2. The first kappa shape index (κ1) is 20.9. The number of carbonyl (C=O) groups is 1. The molecule has 3 atom stereocenters. The molecule has 0 aliphatic carbocycles. The third-order valence-electron chi connectivity index (χ3n) is 6.60. The first-order valence-electron chi connectivity index (χ1n) is 10.9. The molecule has 2 saturated heterocycles. The monoisotopic (exact) mass is 408 g/mol. The predicted octanol–water partition coefficient (Wildman–Crippen LogP) is 4.31. The van der Waals surface area contributed by atoms with Gasteiger partial charge in [-0.3, -0.25) is 4.90 Å². The van der Waals surface area contributed by atoms with Crippen LogP contribution in [0.1, 0.15) is 29.9 Å². The van der Waals surface area contributed by atoms with Gasteiger partial charge in [-0.05, 0) is 43.0 Å². The summed E-state index contributed by atoms with van der Waals surface area (Å²) in [4.78, 5) is 16.6. The molecule has 0 spiro atoms.